The van der Waals surface area contributed by atoms with Gasteiger partial charge >= 0.3 is 0 Å². The molecule has 166 valence electrons. The normalized spacial score (nSPS) is 10.6. The summed E-state index contributed by atoms with van der Waals surface area (Å²) in [6, 6.07) is 13.2. The van der Waals surface area contributed by atoms with E-state index in [0.717, 1.165) is 13.0 Å². The molecular formula is C24H26FN5O2. The zero-order valence-electron chi connectivity index (χ0n) is 18.6. The first-order chi connectivity index (χ1) is 15.4. The highest BCUT2D eigenvalue weighted by molar-refractivity contribution is 5.81. The van der Waals surface area contributed by atoms with Crippen LogP contribution in [-0.4, -0.2) is 43.8 Å². The van der Waals surface area contributed by atoms with Crippen molar-refractivity contribution in [3.63, 3.8) is 0 Å². The third-order valence-corrected chi connectivity index (χ3v) is 5.27. The average Bonchev–Trinajstić information content (AvgIpc) is 2.80. The van der Waals surface area contributed by atoms with Crippen LogP contribution in [0.4, 0.5) is 10.3 Å². The largest absolute Gasteiger partial charge is 0.497 e. The number of halogens is 1. The van der Waals surface area contributed by atoms with Gasteiger partial charge in [-0.05, 0) is 49.8 Å². The van der Waals surface area contributed by atoms with Crippen LogP contribution in [0.5, 0.6) is 5.75 Å². The van der Waals surface area contributed by atoms with Crippen LogP contribution >= 0.6 is 0 Å². The van der Waals surface area contributed by atoms with E-state index in [0.29, 0.717) is 40.6 Å². The number of nitrogens with one attached hydrogen (secondary N) is 1. The smallest absolute Gasteiger partial charge is 0.263 e. The summed E-state index contributed by atoms with van der Waals surface area (Å²) in [6.45, 7) is 1.51. The molecule has 3 aromatic rings. The number of aromatic nitrogens is 2. The number of hydrogen-bond acceptors (Lipinski definition) is 6. The van der Waals surface area contributed by atoms with E-state index in [9.17, 15) is 9.18 Å². The van der Waals surface area contributed by atoms with E-state index in [-0.39, 0.29) is 11.1 Å². The predicted molar refractivity (Wildman–Crippen MR) is 123 cm³/mol. The Labute approximate surface area is 186 Å². The van der Waals surface area contributed by atoms with Gasteiger partial charge in [-0.15, -0.1) is 0 Å². The van der Waals surface area contributed by atoms with Gasteiger partial charge in [0.15, 0.2) is 0 Å². The van der Waals surface area contributed by atoms with Crippen LogP contribution in [0.15, 0.2) is 47.3 Å². The highest BCUT2D eigenvalue weighted by Crippen LogP contribution is 2.31. The minimum absolute atomic E-state index is 0.0620. The Morgan fingerprint density at radius 2 is 1.91 bits per heavy atom. The standard InChI is InChI=1S/C24H26FN5O2/c1-27-12-5-13-29(2)24-28-22(17-6-7-18(15-26)20(25)14-17)21(23(31)30(24)3)16-8-10-19(32-4)11-9-16/h6-11,14,27H,5,12-13H2,1-4H3. The Morgan fingerprint density at radius 1 is 1.22 bits per heavy atom. The zero-order chi connectivity index (χ0) is 23.3. The van der Waals surface area contributed by atoms with Gasteiger partial charge in [0.2, 0.25) is 5.95 Å². The van der Waals surface area contributed by atoms with Crippen LogP contribution in [0.3, 0.4) is 0 Å². The van der Waals surface area contributed by atoms with Gasteiger partial charge in [-0.1, -0.05) is 18.2 Å². The van der Waals surface area contributed by atoms with E-state index in [1.165, 1.54) is 16.7 Å². The molecule has 0 radical (unpaired) electrons. The van der Waals surface area contributed by atoms with Crippen molar-refractivity contribution in [1.82, 2.24) is 14.9 Å². The second-order valence-corrected chi connectivity index (χ2v) is 7.41. The quantitative estimate of drug-likeness (QED) is 0.547. The summed E-state index contributed by atoms with van der Waals surface area (Å²) in [6.07, 6.45) is 0.865. The van der Waals surface area contributed by atoms with Crippen molar-refractivity contribution in [3.05, 3.63) is 64.2 Å². The van der Waals surface area contributed by atoms with Gasteiger partial charge < -0.3 is 15.0 Å². The molecule has 0 aliphatic rings. The monoisotopic (exact) mass is 435 g/mol. The minimum Gasteiger partial charge on any atom is -0.497 e. The molecule has 0 amide bonds. The molecule has 1 aromatic heterocycles. The number of anilines is 1. The predicted octanol–water partition coefficient (Wildman–Crippen LogP) is 3.18. The Morgan fingerprint density at radius 3 is 2.50 bits per heavy atom. The number of methoxy groups -OCH3 is 1. The maximum absolute atomic E-state index is 14.4. The Hall–Kier alpha value is -3.70. The summed E-state index contributed by atoms with van der Waals surface area (Å²) in [5, 5.41) is 12.2. The number of hydrogen-bond donors (Lipinski definition) is 1. The first kappa shape index (κ1) is 23.0. The number of ether oxygens (including phenoxy) is 1. The maximum Gasteiger partial charge on any atom is 0.263 e. The third kappa shape index (κ3) is 4.63. The number of nitrogens with zero attached hydrogens (tertiary/aromatic N) is 4. The van der Waals surface area contributed by atoms with E-state index in [2.05, 4.69) is 5.32 Å². The van der Waals surface area contributed by atoms with Crippen LogP contribution in [0, 0.1) is 17.1 Å². The molecule has 0 spiro atoms. The molecule has 0 bridgehead atoms. The van der Waals surface area contributed by atoms with Crippen LogP contribution in [0.1, 0.15) is 12.0 Å². The SMILES string of the molecule is CNCCCN(C)c1nc(-c2ccc(C#N)c(F)c2)c(-c2ccc(OC)cc2)c(=O)n1C. The van der Waals surface area contributed by atoms with E-state index >= 15 is 0 Å². The van der Waals surface area contributed by atoms with Crippen molar-refractivity contribution in [2.45, 2.75) is 6.42 Å². The molecule has 8 heteroatoms. The van der Waals surface area contributed by atoms with Crippen molar-refractivity contribution in [1.29, 1.82) is 5.26 Å². The minimum atomic E-state index is -0.655. The molecular weight excluding hydrogens is 409 g/mol. The van der Waals surface area contributed by atoms with Gasteiger partial charge in [-0.3, -0.25) is 9.36 Å². The molecule has 7 nitrogen and oxygen atoms in total. The fourth-order valence-corrected chi connectivity index (χ4v) is 3.50. The molecule has 1 N–H and O–H groups in total. The van der Waals surface area contributed by atoms with Gasteiger partial charge in [0.05, 0.1) is 23.9 Å². The molecule has 0 saturated heterocycles. The van der Waals surface area contributed by atoms with Crippen molar-refractivity contribution in [2.75, 3.05) is 39.2 Å². The maximum atomic E-state index is 14.4. The van der Waals surface area contributed by atoms with E-state index in [1.54, 1.807) is 44.5 Å². The first-order valence-electron chi connectivity index (χ1n) is 10.2. The topological polar surface area (TPSA) is 83.2 Å². The number of rotatable bonds is 8. The molecule has 0 aliphatic heterocycles. The Kier molecular flexibility index (Phi) is 7.23. The molecule has 3 rings (SSSR count). The highest BCUT2D eigenvalue weighted by Gasteiger charge is 2.21. The van der Waals surface area contributed by atoms with Gasteiger partial charge in [0, 0.05) is 26.2 Å². The molecule has 1 heterocycles. The van der Waals surface area contributed by atoms with Crippen molar-refractivity contribution in [3.8, 4) is 34.2 Å². The lowest BCUT2D eigenvalue weighted by atomic mass is 9.99. The van der Waals surface area contributed by atoms with Crippen LogP contribution in [0.2, 0.25) is 0 Å². The number of nitriles is 1. The van der Waals surface area contributed by atoms with Gasteiger partial charge in [-0.2, -0.15) is 5.26 Å². The van der Waals surface area contributed by atoms with Crippen molar-refractivity contribution < 1.29 is 9.13 Å². The summed E-state index contributed by atoms with van der Waals surface area (Å²) in [5.74, 6) is 0.477. The number of benzene rings is 2. The third-order valence-electron chi connectivity index (χ3n) is 5.27. The Bertz CT molecular complexity index is 1200. The van der Waals surface area contributed by atoms with E-state index < -0.39 is 5.82 Å². The summed E-state index contributed by atoms with van der Waals surface area (Å²) in [7, 11) is 7.00. The molecule has 2 aromatic carbocycles. The van der Waals surface area contributed by atoms with Gasteiger partial charge in [0.25, 0.3) is 5.56 Å². The van der Waals surface area contributed by atoms with Gasteiger partial charge in [-0.25, -0.2) is 9.37 Å². The van der Waals surface area contributed by atoms with Crippen LogP contribution in [0.25, 0.3) is 22.4 Å². The lowest BCUT2D eigenvalue weighted by Crippen LogP contribution is -2.31. The fourth-order valence-electron chi connectivity index (χ4n) is 3.50. The van der Waals surface area contributed by atoms with Crippen molar-refractivity contribution >= 4 is 5.95 Å². The second kappa shape index (κ2) is 10.1. The summed E-state index contributed by atoms with van der Waals surface area (Å²) < 4.78 is 21.2. The van der Waals surface area contributed by atoms with Crippen LogP contribution in [-0.2, 0) is 7.05 Å². The summed E-state index contributed by atoms with van der Waals surface area (Å²) in [4.78, 5) is 20.2. The first-order valence-corrected chi connectivity index (χ1v) is 10.2. The van der Waals surface area contributed by atoms with Crippen LogP contribution < -0.4 is 20.5 Å². The lowest BCUT2D eigenvalue weighted by Gasteiger charge is -2.23. The molecule has 0 saturated carbocycles. The molecule has 0 fully saturated rings. The van der Waals surface area contributed by atoms with E-state index in [4.69, 9.17) is 15.0 Å². The summed E-state index contributed by atoms with van der Waals surface area (Å²) in [5.41, 5.74) is 1.47. The highest BCUT2D eigenvalue weighted by atomic mass is 19.1. The fraction of sp³-hybridized carbons (Fsp3) is 0.292. The van der Waals surface area contributed by atoms with E-state index in [1.807, 2.05) is 25.1 Å². The zero-order valence-corrected chi connectivity index (χ0v) is 18.6. The van der Waals surface area contributed by atoms with Crippen molar-refractivity contribution in [2.24, 2.45) is 7.05 Å². The second-order valence-electron chi connectivity index (χ2n) is 7.41. The molecule has 0 atom stereocenters. The lowest BCUT2D eigenvalue weighted by molar-refractivity contribution is 0.415. The molecule has 32 heavy (non-hydrogen) atoms. The average molecular weight is 436 g/mol. The van der Waals surface area contributed by atoms with Gasteiger partial charge in [0.1, 0.15) is 17.6 Å². The Balaban J connectivity index is 2.23. The molecule has 0 aliphatic carbocycles. The molecule has 0 unspecified atom stereocenters. The summed E-state index contributed by atoms with van der Waals surface area (Å²) >= 11 is 0.